The van der Waals surface area contributed by atoms with Crippen molar-refractivity contribution in [2.45, 2.75) is 18.8 Å². The molecule has 0 unspecified atom stereocenters. The first-order valence-electron chi connectivity index (χ1n) is 6.35. The fourth-order valence-corrected chi connectivity index (χ4v) is 2.62. The molecule has 0 aliphatic carbocycles. The maximum Gasteiger partial charge on any atom is 0.0660 e. The maximum absolute atomic E-state index is 6.00. The monoisotopic (exact) mass is 261 g/mol. The molecule has 2 aromatic rings. The predicted molar refractivity (Wildman–Crippen MR) is 73.4 cm³/mol. The van der Waals surface area contributed by atoms with Crippen LogP contribution in [0, 0.1) is 0 Å². The molecule has 18 heavy (non-hydrogen) atoms. The summed E-state index contributed by atoms with van der Waals surface area (Å²) in [5, 5.41) is 8.80. The smallest absolute Gasteiger partial charge is 0.0660 e. The largest absolute Gasteiger partial charge is 0.317 e. The summed E-state index contributed by atoms with van der Waals surface area (Å²) < 4.78 is 1.91. The maximum atomic E-state index is 6.00. The number of nitrogens with zero attached hydrogens (tertiary/aromatic N) is 2. The first kappa shape index (κ1) is 11.8. The van der Waals surface area contributed by atoms with Crippen LogP contribution in [-0.2, 0) is 0 Å². The lowest BCUT2D eigenvalue weighted by Gasteiger charge is -2.20. The van der Waals surface area contributed by atoms with Gasteiger partial charge in [0, 0.05) is 17.1 Å². The molecular formula is C14H16ClN3. The molecule has 1 fully saturated rings. The highest BCUT2D eigenvalue weighted by Crippen LogP contribution is 2.24. The molecule has 0 spiro atoms. The SMILES string of the molecule is Clc1cccc(-n2ccc(C3CCNCC3)n2)c1. The molecule has 0 atom stereocenters. The van der Waals surface area contributed by atoms with Gasteiger partial charge in [-0.1, -0.05) is 17.7 Å². The molecule has 1 aromatic heterocycles. The van der Waals surface area contributed by atoms with E-state index in [0.29, 0.717) is 5.92 Å². The lowest BCUT2D eigenvalue weighted by Crippen LogP contribution is -2.26. The highest BCUT2D eigenvalue weighted by molar-refractivity contribution is 6.30. The average molecular weight is 262 g/mol. The summed E-state index contributed by atoms with van der Waals surface area (Å²) in [5.41, 5.74) is 2.21. The second kappa shape index (κ2) is 5.12. The lowest BCUT2D eigenvalue weighted by molar-refractivity contribution is 0.451. The number of piperidine rings is 1. The summed E-state index contributed by atoms with van der Waals surface area (Å²) in [4.78, 5) is 0. The van der Waals surface area contributed by atoms with Crippen LogP contribution in [0.15, 0.2) is 36.5 Å². The van der Waals surface area contributed by atoms with Crippen LogP contribution >= 0.6 is 11.6 Å². The second-order valence-corrected chi connectivity index (χ2v) is 5.13. The van der Waals surface area contributed by atoms with E-state index in [-0.39, 0.29) is 0 Å². The van der Waals surface area contributed by atoms with Crippen LogP contribution in [0.2, 0.25) is 5.02 Å². The van der Waals surface area contributed by atoms with E-state index < -0.39 is 0 Å². The first-order chi connectivity index (χ1) is 8.83. The van der Waals surface area contributed by atoms with Crippen molar-refractivity contribution in [3.63, 3.8) is 0 Å². The second-order valence-electron chi connectivity index (χ2n) is 4.69. The number of halogens is 1. The third-order valence-electron chi connectivity index (χ3n) is 3.44. The summed E-state index contributed by atoms with van der Waals surface area (Å²) in [6, 6.07) is 9.90. The molecule has 1 aliphatic rings. The van der Waals surface area contributed by atoms with Gasteiger partial charge in [0.05, 0.1) is 11.4 Å². The topological polar surface area (TPSA) is 29.9 Å². The van der Waals surface area contributed by atoms with Crippen LogP contribution in [0.25, 0.3) is 5.69 Å². The van der Waals surface area contributed by atoms with Gasteiger partial charge in [0.1, 0.15) is 0 Å². The molecule has 1 N–H and O–H groups in total. The van der Waals surface area contributed by atoms with E-state index in [1.54, 1.807) is 0 Å². The van der Waals surface area contributed by atoms with Gasteiger partial charge in [-0.2, -0.15) is 5.10 Å². The molecule has 1 aliphatic heterocycles. The molecule has 0 bridgehead atoms. The van der Waals surface area contributed by atoms with Crippen LogP contribution < -0.4 is 5.32 Å². The molecule has 4 heteroatoms. The standard InChI is InChI=1S/C14H16ClN3/c15-12-2-1-3-13(10-12)18-9-6-14(17-18)11-4-7-16-8-5-11/h1-3,6,9-11,16H,4-5,7-8H2. The number of benzene rings is 1. The minimum atomic E-state index is 0.590. The third-order valence-corrected chi connectivity index (χ3v) is 3.67. The summed E-state index contributed by atoms with van der Waals surface area (Å²) in [5.74, 6) is 0.590. The van der Waals surface area contributed by atoms with E-state index in [2.05, 4.69) is 16.5 Å². The van der Waals surface area contributed by atoms with Crippen molar-refractivity contribution in [2.75, 3.05) is 13.1 Å². The zero-order valence-corrected chi connectivity index (χ0v) is 10.9. The molecule has 2 heterocycles. The molecule has 3 rings (SSSR count). The zero-order chi connectivity index (χ0) is 12.4. The predicted octanol–water partition coefficient (Wildman–Crippen LogP) is 2.99. The summed E-state index contributed by atoms with van der Waals surface area (Å²) in [6.07, 6.45) is 4.36. The Hall–Kier alpha value is -1.32. The molecule has 1 saturated heterocycles. The molecule has 1 aromatic carbocycles. The van der Waals surface area contributed by atoms with E-state index in [1.807, 2.05) is 35.1 Å². The van der Waals surface area contributed by atoms with Crippen molar-refractivity contribution in [3.05, 3.63) is 47.2 Å². The number of rotatable bonds is 2. The number of nitrogens with one attached hydrogen (secondary N) is 1. The quantitative estimate of drug-likeness (QED) is 0.901. The number of hydrogen-bond donors (Lipinski definition) is 1. The Balaban J connectivity index is 1.84. The summed E-state index contributed by atoms with van der Waals surface area (Å²) in [7, 11) is 0. The van der Waals surface area contributed by atoms with Crippen LogP contribution in [0.1, 0.15) is 24.5 Å². The van der Waals surface area contributed by atoms with Crippen molar-refractivity contribution >= 4 is 11.6 Å². The van der Waals surface area contributed by atoms with Gasteiger partial charge in [-0.05, 0) is 50.2 Å². The Morgan fingerprint density at radius 3 is 2.83 bits per heavy atom. The summed E-state index contributed by atoms with van der Waals surface area (Å²) >= 11 is 6.00. The summed E-state index contributed by atoms with van der Waals surface area (Å²) in [6.45, 7) is 2.18. The molecule has 0 saturated carbocycles. The fraction of sp³-hybridized carbons (Fsp3) is 0.357. The van der Waals surface area contributed by atoms with Gasteiger partial charge >= 0.3 is 0 Å². The number of hydrogen-bond acceptors (Lipinski definition) is 2. The average Bonchev–Trinajstić information content (AvgIpc) is 2.89. The van der Waals surface area contributed by atoms with Crippen LogP contribution in [-0.4, -0.2) is 22.9 Å². The normalized spacial score (nSPS) is 16.9. The fourth-order valence-electron chi connectivity index (χ4n) is 2.44. The van der Waals surface area contributed by atoms with E-state index >= 15 is 0 Å². The van der Waals surface area contributed by atoms with Crippen molar-refractivity contribution < 1.29 is 0 Å². The lowest BCUT2D eigenvalue weighted by atomic mass is 9.95. The van der Waals surface area contributed by atoms with Crippen LogP contribution in [0.5, 0.6) is 0 Å². The Morgan fingerprint density at radius 2 is 2.06 bits per heavy atom. The Labute approximate surface area is 112 Å². The molecule has 94 valence electrons. The van der Waals surface area contributed by atoms with E-state index in [0.717, 1.165) is 23.8 Å². The van der Waals surface area contributed by atoms with E-state index in [9.17, 15) is 0 Å². The van der Waals surface area contributed by atoms with Crippen molar-refractivity contribution in [1.29, 1.82) is 0 Å². The third kappa shape index (κ3) is 2.42. The Bertz CT molecular complexity index is 529. The van der Waals surface area contributed by atoms with Crippen molar-refractivity contribution in [1.82, 2.24) is 15.1 Å². The van der Waals surface area contributed by atoms with E-state index in [4.69, 9.17) is 11.6 Å². The first-order valence-corrected chi connectivity index (χ1v) is 6.73. The highest BCUT2D eigenvalue weighted by atomic mass is 35.5. The molecule has 0 amide bonds. The number of aromatic nitrogens is 2. The van der Waals surface area contributed by atoms with Gasteiger partial charge in [-0.15, -0.1) is 0 Å². The van der Waals surface area contributed by atoms with Gasteiger partial charge in [0.2, 0.25) is 0 Å². The highest BCUT2D eigenvalue weighted by Gasteiger charge is 2.17. The van der Waals surface area contributed by atoms with Crippen molar-refractivity contribution in [2.24, 2.45) is 0 Å². The molecule has 0 radical (unpaired) electrons. The van der Waals surface area contributed by atoms with Gasteiger partial charge in [0.25, 0.3) is 0 Å². The van der Waals surface area contributed by atoms with E-state index in [1.165, 1.54) is 18.5 Å². The molecular weight excluding hydrogens is 246 g/mol. The minimum Gasteiger partial charge on any atom is -0.317 e. The van der Waals surface area contributed by atoms with Crippen LogP contribution in [0.4, 0.5) is 0 Å². The molecule has 3 nitrogen and oxygen atoms in total. The minimum absolute atomic E-state index is 0.590. The van der Waals surface area contributed by atoms with Crippen molar-refractivity contribution in [3.8, 4) is 5.69 Å². The Morgan fingerprint density at radius 1 is 1.22 bits per heavy atom. The zero-order valence-electron chi connectivity index (χ0n) is 10.1. The van der Waals surface area contributed by atoms with Gasteiger partial charge in [-0.25, -0.2) is 4.68 Å². The Kier molecular flexibility index (Phi) is 3.35. The van der Waals surface area contributed by atoms with Crippen LogP contribution in [0.3, 0.4) is 0 Å². The van der Waals surface area contributed by atoms with Gasteiger partial charge in [-0.3, -0.25) is 0 Å². The van der Waals surface area contributed by atoms with Gasteiger partial charge < -0.3 is 5.32 Å². The van der Waals surface area contributed by atoms with Gasteiger partial charge in [0.15, 0.2) is 0 Å².